The van der Waals surface area contributed by atoms with E-state index in [1.165, 1.54) is 30.4 Å². The SMILES string of the molecule is Nc1cc2c(cc1CC(=O)CCN1CCCCC1)CCCC2Nc1cccc(CF)c1. The second kappa shape index (κ2) is 10.3. The number of ketones is 1. The molecule has 1 aliphatic heterocycles. The third-order valence-corrected chi connectivity index (χ3v) is 6.68. The highest BCUT2D eigenvalue weighted by molar-refractivity contribution is 5.82. The molecule has 0 bridgehead atoms. The lowest BCUT2D eigenvalue weighted by atomic mass is 9.85. The summed E-state index contributed by atoms with van der Waals surface area (Å²) in [7, 11) is 0. The van der Waals surface area contributed by atoms with E-state index in [0.29, 0.717) is 24.1 Å². The second-order valence-corrected chi connectivity index (χ2v) is 9.04. The van der Waals surface area contributed by atoms with Gasteiger partial charge in [-0.3, -0.25) is 4.79 Å². The summed E-state index contributed by atoms with van der Waals surface area (Å²) in [4.78, 5) is 15.0. The van der Waals surface area contributed by atoms with Crippen molar-refractivity contribution in [3.05, 3.63) is 58.7 Å². The summed E-state index contributed by atoms with van der Waals surface area (Å²) < 4.78 is 13.0. The molecule has 0 radical (unpaired) electrons. The molecule has 31 heavy (non-hydrogen) atoms. The molecule has 2 aromatic rings. The minimum Gasteiger partial charge on any atom is -0.398 e. The fourth-order valence-electron chi connectivity index (χ4n) is 4.94. The summed E-state index contributed by atoms with van der Waals surface area (Å²) in [6.07, 6.45) is 7.94. The normalized spacial score (nSPS) is 19.1. The summed E-state index contributed by atoms with van der Waals surface area (Å²) in [5.41, 5.74) is 12.2. The van der Waals surface area contributed by atoms with Crippen LogP contribution in [0.2, 0.25) is 0 Å². The van der Waals surface area contributed by atoms with Gasteiger partial charge in [-0.25, -0.2) is 4.39 Å². The standard InChI is InChI=1S/C26H34FN3O/c27-18-19-6-4-8-22(14-19)29-26-9-5-7-20-15-21(25(28)17-24(20)26)16-23(31)10-13-30-11-2-1-3-12-30/h4,6,8,14-15,17,26,29H,1-3,5,7,9-13,16,18,28H2. The molecule has 5 heteroatoms. The van der Waals surface area contributed by atoms with Crippen molar-refractivity contribution < 1.29 is 9.18 Å². The number of carbonyl (C=O) groups is 1. The fraction of sp³-hybridized carbons (Fsp3) is 0.500. The second-order valence-electron chi connectivity index (χ2n) is 9.04. The number of fused-ring (bicyclic) bond motifs is 1. The Hall–Kier alpha value is -2.40. The predicted octanol–water partition coefficient (Wildman–Crippen LogP) is 5.22. The molecule has 2 aromatic carbocycles. The van der Waals surface area contributed by atoms with Gasteiger partial charge in [0, 0.05) is 30.8 Å². The molecule has 1 heterocycles. The van der Waals surface area contributed by atoms with E-state index in [1.807, 2.05) is 18.2 Å². The summed E-state index contributed by atoms with van der Waals surface area (Å²) in [5, 5.41) is 3.56. The number of likely N-dealkylation sites (tertiary alicyclic amines) is 1. The molecule has 1 fully saturated rings. The Bertz CT molecular complexity index is 908. The van der Waals surface area contributed by atoms with Crippen LogP contribution in [0.4, 0.5) is 15.8 Å². The van der Waals surface area contributed by atoms with Crippen molar-refractivity contribution >= 4 is 17.2 Å². The third kappa shape index (κ3) is 5.65. The number of Topliss-reactive ketones (excluding diaryl/α,β-unsaturated/α-hetero) is 1. The number of anilines is 2. The van der Waals surface area contributed by atoms with Crippen LogP contribution in [0.15, 0.2) is 36.4 Å². The molecule has 0 aromatic heterocycles. The molecular weight excluding hydrogens is 389 g/mol. The van der Waals surface area contributed by atoms with Gasteiger partial charge in [-0.15, -0.1) is 0 Å². The highest BCUT2D eigenvalue weighted by Crippen LogP contribution is 2.35. The van der Waals surface area contributed by atoms with Gasteiger partial charge < -0.3 is 16.0 Å². The molecule has 0 amide bonds. The Morgan fingerprint density at radius 3 is 2.77 bits per heavy atom. The first kappa shape index (κ1) is 21.8. The lowest BCUT2D eigenvalue weighted by Gasteiger charge is -2.29. The van der Waals surface area contributed by atoms with Gasteiger partial charge in [0.05, 0.1) is 6.04 Å². The zero-order valence-corrected chi connectivity index (χ0v) is 18.3. The van der Waals surface area contributed by atoms with Crippen molar-refractivity contribution in [2.75, 3.05) is 30.7 Å². The number of halogens is 1. The van der Waals surface area contributed by atoms with Crippen LogP contribution in [0.1, 0.15) is 66.8 Å². The van der Waals surface area contributed by atoms with Gasteiger partial charge in [-0.2, -0.15) is 0 Å². The molecule has 0 saturated carbocycles. The molecule has 1 aliphatic carbocycles. The number of nitrogens with two attached hydrogens (primary N) is 1. The Kier molecular flexibility index (Phi) is 7.23. The average Bonchev–Trinajstić information content (AvgIpc) is 2.79. The van der Waals surface area contributed by atoms with E-state index in [0.717, 1.165) is 50.1 Å². The molecule has 2 aliphatic rings. The number of nitrogen functional groups attached to an aromatic ring is 1. The van der Waals surface area contributed by atoms with E-state index in [2.05, 4.69) is 22.3 Å². The number of carbonyl (C=O) groups excluding carboxylic acids is 1. The number of rotatable bonds is 8. The molecule has 0 spiro atoms. The first-order valence-corrected chi connectivity index (χ1v) is 11.7. The number of nitrogens with zero attached hydrogens (tertiary/aromatic N) is 1. The van der Waals surface area contributed by atoms with Crippen molar-refractivity contribution in [2.45, 2.75) is 64.1 Å². The lowest BCUT2D eigenvalue weighted by molar-refractivity contribution is -0.118. The van der Waals surface area contributed by atoms with Crippen LogP contribution in [0.3, 0.4) is 0 Å². The number of aryl methyl sites for hydroxylation is 1. The van der Waals surface area contributed by atoms with E-state index in [9.17, 15) is 9.18 Å². The molecule has 166 valence electrons. The topological polar surface area (TPSA) is 58.4 Å². The summed E-state index contributed by atoms with van der Waals surface area (Å²) in [6.45, 7) is 2.65. The van der Waals surface area contributed by atoms with Crippen LogP contribution >= 0.6 is 0 Å². The smallest absolute Gasteiger partial charge is 0.138 e. The van der Waals surface area contributed by atoms with Gasteiger partial charge in [0.25, 0.3) is 0 Å². The Morgan fingerprint density at radius 1 is 1.13 bits per heavy atom. The van der Waals surface area contributed by atoms with Crippen LogP contribution in [0, 0.1) is 0 Å². The van der Waals surface area contributed by atoms with Crippen LogP contribution in [-0.2, 0) is 24.3 Å². The number of piperidine rings is 1. The van der Waals surface area contributed by atoms with Crippen molar-refractivity contribution in [3.8, 4) is 0 Å². The van der Waals surface area contributed by atoms with Crippen molar-refractivity contribution in [1.29, 1.82) is 0 Å². The maximum atomic E-state index is 13.0. The van der Waals surface area contributed by atoms with Crippen molar-refractivity contribution in [1.82, 2.24) is 4.90 Å². The minimum absolute atomic E-state index is 0.157. The minimum atomic E-state index is -0.459. The van der Waals surface area contributed by atoms with Crippen molar-refractivity contribution in [2.24, 2.45) is 0 Å². The van der Waals surface area contributed by atoms with E-state index in [1.54, 1.807) is 6.07 Å². The molecule has 4 rings (SSSR count). The molecular formula is C26H34FN3O. The van der Waals surface area contributed by atoms with Gasteiger partial charge in [0.15, 0.2) is 0 Å². The number of alkyl halides is 1. The average molecular weight is 424 g/mol. The van der Waals surface area contributed by atoms with Gasteiger partial charge in [0.1, 0.15) is 12.5 Å². The molecule has 4 nitrogen and oxygen atoms in total. The largest absolute Gasteiger partial charge is 0.398 e. The Labute approximate surface area is 185 Å². The zero-order valence-electron chi connectivity index (χ0n) is 18.3. The number of nitrogens with one attached hydrogen (secondary N) is 1. The van der Waals surface area contributed by atoms with Gasteiger partial charge in [0.2, 0.25) is 0 Å². The molecule has 3 N–H and O–H groups in total. The lowest BCUT2D eigenvalue weighted by Crippen LogP contribution is -2.31. The number of benzene rings is 2. The van der Waals surface area contributed by atoms with Crippen LogP contribution in [0.5, 0.6) is 0 Å². The molecule has 1 unspecified atom stereocenters. The monoisotopic (exact) mass is 423 g/mol. The van der Waals surface area contributed by atoms with Gasteiger partial charge in [-0.1, -0.05) is 24.6 Å². The fourth-order valence-corrected chi connectivity index (χ4v) is 4.94. The Balaban J connectivity index is 1.42. The van der Waals surface area contributed by atoms with Gasteiger partial charge in [-0.05, 0) is 85.6 Å². The summed E-state index contributed by atoms with van der Waals surface area (Å²) in [5.74, 6) is 0.269. The van der Waals surface area contributed by atoms with Crippen LogP contribution < -0.4 is 11.1 Å². The summed E-state index contributed by atoms with van der Waals surface area (Å²) >= 11 is 0. The number of hydrogen-bond donors (Lipinski definition) is 2. The maximum Gasteiger partial charge on any atom is 0.138 e. The van der Waals surface area contributed by atoms with E-state index in [-0.39, 0.29) is 11.8 Å². The van der Waals surface area contributed by atoms with E-state index in [4.69, 9.17) is 5.73 Å². The first-order chi connectivity index (χ1) is 15.1. The first-order valence-electron chi connectivity index (χ1n) is 11.7. The highest BCUT2D eigenvalue weighted by atomic mass is 19.1. The van der Waals surface area contributed by atoms with Crippen LogP contribution in [-0.4, -0.2) is 30.3 Å². The third-order valence-electron chi connectivity index (χ3n) is 6.68. The number of hydrogen-bond acceptors (Lipinski definition) is 4. The molecule has 1 saturated heterocycles. The maximum absolute atomic E-state index is 13.0. The van der Waals surface area contributed by atoms with E-state index < -0.39 is 6.67 Å². The van der Waals surface area contributed by atoms with Crippen LogP contribution in [0.25, 0.3) is 0 Å². The van der Waals surface area contributed by atoms with Crippen molar-refractivity contribution in [3.63, 3.8) is 0 Å². The zero-order chi connectivity index (χ0) is 21.6. The quantitative estimate of drug-likeness (QED) is 0.572. The molecule has 1 atom stereocenters. The predicted molar refractivity (Wildman–Crippen MR) is 125 cm³/mol. The Morgan fingerprint density at radius 2 is 1.97 bits per heavy atom. The van der Waals surface area contributed by atoms with Gasteiger partial charge >= 0.3 is 0 Å². The highest BCUT2D eigenvalue weighted by Gasteiger charge is 2.22. The van der Waals surface area contributed by atoms with E-state index >= 15 is 0 Å². The summed E-state index contributed by atoms with van der Waals surface area (Å²) in [6, 6.07) is 11.9.